The van der Waals surface area contributed by atoms with Crippen molar-refractivity contribution >= 4 is 22.9 Å². The minimum Gasteiger partial charge on any atom is -0.298 e. The van der Waals surface area contributed by atoms with Crippen molar-refractivity contribution in [1.29, 1.82) is 0 Å². The Morgan fingerprint density at radius 2 is 2.13 bits per heavy atom. The van der Waals surface area contributed by atoms with Crippen molar-refractivity contribution in [2.75, 3.05) is 13.1 Å². The van der Waals surface area contributed by atoms with E-state index in [0.717, 1.165) is 18.4 Å². The Hall–Kier alpha value is -0.120. The molecule has 2 atom stereocenters. The zero-order valence-corrected chi connectivity index (χ0v) is 10.2. The Morgan fingerprint density at radius 1 is 1.40 bits per heavy atom. The zero-order valence-electron chi connectivity index (χ0n) is 8.66. The monoisotopic (exact) mass is 242 g/mol. The Kier molecular flexibility index (Phi) is 2.71. The van der Waals surface area contributed by atoms with E-state index < -0.39 is 0 Å². The van der Waals surface area contributed by atoms with Crippen molar-refractivity contribution < 1.29 is 0 Å². The molecule has 1 saturated carbocycles. The summed E-state index contributed by atoms with van der Waals surface area (Å²) in [7, 11) is 0. The molecular weight excluding hydrogens is 228 g/mol. The minimum absolute atomic E-state index is 0.671. The minimum atomic E-state index is 0.671. The van der Waals surface area contributed by atoms with Gasteiger partial charge in [-0.25, -0.2) is 4.98 Å². The lowest BCUT2D eigenvalue weighted by Gasteiger charge is -2.14. The van der Waals surface area contributed by atoms with Crippen molar-refractivity contribution in [1.82, 2.24) is 9.88 Å². The normalized spacial score (nSPS) is 31.0. The summed E-state index contributed by atoms with van der Waals surface area (Å²) in [6, 6.07) is 0. The number of nitrogens with zero attached hydrogens (tertiary/aromatic N) is 2. The molecule has 1 saturated heterocycles. The molecule has 15 heavy (non-hydrogen) atoms. The van der Waals surface area contributed by atoms with Gasteiger partial charge >= 0.3 is 0 Å². The average molecular weight is 243 g/mol. The second-order valence-corrected chi connectivity index (χ2v) is 6.42. The SMILES string of the molecule is Clc1ncc(CN2CC3CCCC3C2)s1. The van der Waals surface area contributed by atoms with Gasteiger partial charge in [0.25, 0.3) is 0 Å². The first-order valence-corrected chi connectivity index (χ1v) is 6.83. The van der Waals surface area contributed by atoms with Gasteiger partial charge in [0.1, 0.15) is 0 Å². The summed E-state index contributed by atoms with van der Waals surface area (Å²) in [4.78, 5) is 7.96. The lowest BCUT2D eigenvalue weighted by molar-refractivity contribution is 0.306. The molecule has 0 radical (unpaired) electrons. The number of rotatable bonds is 2. The second kappa shape index (κ2) is 4.04. The van der Waals surface area contributed by atoms with Crippen LogP contribution in [0.5, 0.6) is 0 Å². The average Bonchev–Trinajstić information content (AvgIpc) is 2.81. The van der Waals surface area contributed by atoms with Crippen molar-refractivity contribution in [3.05, 3.63) is 15.5 Å². The van der Waals surface area contributed by atoms with Gasteiger partial charge in [-0.3, -0.25) is 4.90 Å². The van der Waals surface area contributed by atoms with Crippen molar-refractivity contribution in [2.24, 2.45) is 11.8 Å². The third-order valence-corrected chi connectivity index (χ3v) is 4.81. The summed E-state index contributed by atoms with van der Waals surface area (Å²) in [6.07, 6.45) is 6.27. The highest BCUT2D eigenvalue weighted by molar-refractivity contribution is 7.15. The summed E-state index contributed by atoms with van der Waals surface area (Å²) in [5.74, 6) is 1.96. The van der Waals surface area contributed by atoms with E-state index in [-0.39, 0.29) is 0 Å². The molecule has 0 N–H and O–H groups in total. The number of fused-ring (bicyclic) bond motifs is 1. The van der Waals surface area contributed by atoms with E-state index in [4.69, 9.17) is 11.6 Å². The summed E-state index contributed by atoms with van der Waals surface area (Å²) >= 11 is 7.45. The molecule has 1 aromatic heterocycles. The van der Waals surface area contributed by atoms with Crippen LogP contribution >= 0.6 is 22.9 Å². The summed E-state index contributed by atoms with van der Waals surface area (Å²) in [6.45, 7) is 3.64. The largest absolute Gasteiger partial charge is 0.298 e. The zero-order chi connectivity index (χ0) is 10.3. The summed E-state index contributed by atoms with van der Waals surface area (Å²) < 4.78 is 0.671. The van der Waals surface area contributed by atoms with Gasteiger partial charge in [-0.1, -0.05) is 18.0 Å². The standard InChI is InChI=1S/C11H15ClN2S/c12-11-13-4-10(15-11)7-14-5-8-2-1-3-9(8)6-14/h4,8-9H,1-3,5-7H2. The fourth-order valence-electron chi connectivity index (χ4n) is 3.04. The number of aromatic nitrogens is 1. The maximum atomic E-state index is 5.83. The summed E-state index contributed by atoms with van der Waals surface area (Å²) in [5, 5.41) is 0. The fraction of sp³-hybridized carbons (Fsp3) is 0.727. The summed E-state index contributed by atoms with van der Waals surface area (Å²) in [5.41, 5.74) is 0. The van der Waals surface area contributed by atoms with Crippen LogP contribution < -0.4 is 0 Å². The van der Waals surface area contributed by atoms with E-state index in [1.54, 1.807) is 11.3 Å². The molecule has 2 nitrogen and oxygen atoms in total. The van der Waals surface area contributed by atoms with E-state index in [1.807, 2.05) is 6.20 Å². The first-order chi connectivity index (χ1) is 7.31. The topological polar surface area (TPSA) is 16.1 Å². The molecule has 0 spiro atoms. The third-order valence-electron chi connectivity index (χ3n) is 3.71. The van der Waals surface area contributed by atoms with Crippen LogP contribution in [0.3, 0.4) is 0 Å². The maximum Gasteiger partial charge on any atom is 0.183 e. The number of hydrogen-bond donors (Lipinski definition) is 0. The number of likely N-dealkylation sites (tertiary alicyclic amines) is 1. The lowest BCUT2D eigenvalue weighted by atomic mass is 10.0. The van der Waals surface area contributed by atoms with Gasteiger partial charge in [-0.2, -0.15) is 0 Å². The quantitative estimate of drug-likeness (QED) is 0.793. The van der Waals surface area contributed by atoms with Crippen LogP contribution in [-0.2, 0) is 6.54 Å². The van der Waals surface area contributed by atoms with Gasteiger partial charge in [0.05, 0.1) is 0 Å². The van der Waals surface area contributed by atoms with Gasteiger partial charge in [0.2, 0.25) is 0 Å². The van der Waals surface area contributed by atoms with Gasteiger partial charge in [-0.15, -0.1) is 11.3 Å². The molecule has 1 aromatic rings. The Morgan fingerprint density at radius 3 is 2.73 bits per heavy atom. The highest BCUT2D eigenvalue weighted by atomic mass is 35.5. The first-order valence-electron chi connectivity index (χ1n) is 5.64. The predicted molar refractivity (Wildman–Crippen MR) is 63.2 cm³/mol. The van der Waals surface area contributed by atoms with E-state index in [0.29, 0.717) is 4.47 Å². The molecule has 1 aliphatic heterocycles. The van der Waals surface area contributed by atoms with E-state index in [9.17, 15) is 0 Å². The maximum absolute atomic E-state index is 5.83. The molecular formula is C11H15ClN2S. The van der Waals surface area contributed by atoms with Crippen LogP contribution in [0.25, 0.3) is 0 Å². The predicted octanol–water partition coefficient (Wildman–Crippen LogP) is 3.03. The Bertz CT molecular complexity index is 340. The molecule has 4 heteroatoms. The van der Waals surface area contributed by atoms with Crippen molar-refractivity contribution in [2.45, 2.75) is 25.8 Å². The molecule has 2 fully saturated rings. The first kappa shape index (κ1) is 10.1. The highest BCUT2D eigenvalue weighted by Gasteiger charge is 2.35. The molecule has 1 aliphatic carbocycles. The molecule has 2 unspecified atom stereocenters. The van der Waals surface area contributed by atoms with Crippen LogP contribution in [-0.4, -0.2) is 23.0 Å². The van der Waals surface area contributed by atoms with E-state index in [1.165, 1.54) is 37.2 Å². The van der Waals surface area contributed by atoms with Crippen LogP contribution in [0.4, 0.5) is 0 Å². The molecule has 3 rings (SSSR count). The van der Waals surface area contributed by atoms with E-state index >= 15 is 0 Å². The smallest absolute Gasteiger partial charge is 0.183 e. The highest BCUT2D eigenvalue weighted by Crippen LogP contribution is 2.38. The van der Waals surface area contributed by atoms with Crippen LogP contribution in [0.1, 0.15) is 24.1 Å². The number of hydrogen-bond acceptors (Lipinski definition) is 3. The fourth-order valence-corrected chi connectivity index (χ4v) is 4.06. The molecule has 82 valence electrons. The van der Waals surface area contributed by atoms with Crippen LogP contribution in [0.15, 0.2) is 6.20 Å². The van der Waals surface area contributed by atoms with Crippen LogP contribution in [0.2, 0.25) is 4.47 Å². The van der Waals surface area contributed by atoms with Gasteiger partial charge in [0.15, 0.2) is 4.47 Å². The van der Waals surface area contributed by atoms with Gasteiger partial charge in [-0.05, 0) is 24.7 Å². The van der Waals surface area contributed by atoms with Gasteiger partial charge in [0, 0.05) is 30.7 Å². The lowest BCUT2D eigenvalue weighted by Crippen LogP contribution is -2.20. The molecule has 2 heterocycles. The van der Waals surface area contributed by atoms with Gasteiger partial charge < -0.3 is 0 Å². The molecule has 0 bridgehead atoms. The second-order valence-electron chi connectivity index (χ2n) is 4.72. The van der Waals surface area contributed by atoms with Crippen molar-refractivity contribution in [3.8, 4) is 0 Å². The number of thiazole rings is 1. The molecule has 0 aromatic carbocycles. The third kappa shape index (κ3) is 2.05. The Balaban J connectivity index is 1.61. The van der Waals surface area contributed by atoms with Crippen LogP contribution in [0, 0.1) is 11.8 Å². The Labute approximate surface area is 99.3 Å². The van der Waals surface area contributed by atoms with E-state index in [2.05, 4.69) is 9.88 Å². The molecule has 2 aliphatic rings. The number of halogens is 1. The molecule has 0 amide bonds. The van der Waals surface area contributed by atoms with Crippen molar-refractivity contribution in [3.63, 3.8) is 0 Å².